The van der Waals surface area contributed by atoms with Crippen molar-refractivity contribution in [3.8, 4) is 0 Å². The Hall–Kier alpha value is -0.610. The Morgan fingerprint density at radius 1 is 1.55 bits per heavy atom. The molecule has 0 radical (unpaired) electrons. The van der Waals surface area contributed by atoms with Gasteiger partial charge in [-0.1, -0.05) is 6.92 Å². The summed E-state index contributed by atoms with van der Waals surface area (Å²) < 4.78 is 0. The lowest BCUT2D eigenvalue weighted by Gasteiger charge is -2.28. The maximum Gasteiger partial charge on any atom is 0.320 e. The van der Waals surface area contributed by atoms with E-state index in [2.05, 4.69) is 0 Å². The van der Waals surface area contributed by atoms with Crippen molar-refractivity contribution in [2.24, 2.45) is 11.7 Å². The summed E-state index contributed by atoms with van der Waals surface area (Å²) in [5.41, 5.74) is 4.24. The highest BCUT2D eigenvalue weighted by Crippen LogP contribution is 2.18. The first-order valence-electron chi connectivity index (χ1n) is 3.47. The molecule has 0 spiro atoms. The van der Waals surface area contributed by atoms with E-state index in [0.717, 1.165) is 0 Å². The number of carboxylic acid groups (broad SMARTS) is 1. The Bertz CT molecular complexity index is 150. The first-order chi connectivity index (χ1) is 4.76. The van der Waals surface area contributed by atoms with E-state index in [-0.39, 0.29) is 0 Å². The highest BCUT2D eigenvalue weighted by atomic mass is 16.4. The van der Waals surface area contributed by atoms with Crippen molar-refractivity contribution in [1.82, 2.24) is 0 Å². The van der Waals surface area contributed by atoms with Crippen molar-refractivity contribution in [1.29, 1.82) is 0 Å². The summed E-state index contributed by atoms with van der Waals surface area (Å²) in [6.07, 6.45) is 0. The number of hydrogen-bond acceptors (Lipinski definition) is 3. The molecule has 4 N–H and O–H groups in total. The molecule has 0 saturated heterocycles. The zero-order valence-corrected chi connectivity index (χ0v) is 7.03. The van der Waals surface area contributed by atoms with Crippen LogP contribution in [0.3, 0.4) is 0 Å². The fourth-order valence-corrected chi connectivity index (χ4v) is 0.653. The SMILES string of the molecule is C[C@H](C(N)C(=O)O)C(C)(C)O. The second kappa shape index (κ2) is 3.19. The average Bonchev–Trinajstić information content (AvgIpc) is 1.82. The normalized spacial score (nSPS) is 17.5. The molecule has 0 rings (SSSR count). The number of carboxylic acids is 1. The van der Waals surface area contributed by atoms with Gasteiger partial charge in [-0.2, -0.15) is 0 Å². The molecule has 1 unspecified atom stereocenters. The minimum absolute atomic E-state index is 0.458. The fourth-order valence-electron chi connectivity index (χ4n) is 0.653. The molecule has 0 aromatic rings. The number of aliphatic hydroxyl groups is 1. The molecule has 66 valence electrons. The van der Waals surface area contributed by atoms with Gasteiger partial charge in [-0.3, -0.25) is 4.79 Å². The zero-order valence-electron chi connectivity index (χ0n) is 7.03. The molecular formula is C7H15NO3. The van der Waals surface area contributed by atoms with E-state index in [1.165, 1.54) is 0 Å². The summed E-state index contributed by atoms with van der Waals surface area (Å²) in [5, 5.41) is 17.8. The first-order valence-corrected chi connectivity index (χ1v) is 3.47. The molecule has 0 aromatic heterocycles. The second-order valence-electron chi connectivity index (χ2n) is 3.31. The molecule has 0 saturated carbocycles. The van der Waals surface area contributed by atoms with E-state index >= 15 is 0 Å². The summed E-state index contributed by atoms with van der Waals surface area (Å²) in [7, 11) is 0. The van der Waals surface area contributed by atoms with Crippen LogP contribution >= 0.6 is 0 Å². The third-order valence-corrected chi connectivity index (χ3v) is 1.94. The van der Waals surface area contributed by atoms with Gasteiger partial charge >= 0.3 is 5.97 Å². The number of rotatable bonds is 3. The summed E-state index contributed by atoms with van der Waals surface area (Å²) in [4.78, 5) is 10.4. The van der Waals surface area contributed by atoms with Crippen LogP contribution in [0, 0.1) is 5.92 Å². The van der Waals surface area contributed by atoms with Crippen LogP contribution in [0.25, 0.3) is 0 Å². The molecule has 0 heterocycles. The van der Waals surface area contributed by atoms with E-state index in [1.54, 1.807) is 20.8 Å². The molecule has 0 amide bonds. The Kier molecular flexibility index (Phi) is 3.02. The largest absolute Gasteiger partial charge is 0.480 e. The second-order valence-corrected chi connectivity index (χ2v) is 3.31. The predicted molar refractivity (Wildman–Crippen MR) is 41.1 cm³/mol. The molecule has 0 aliphatic carbocycles. The Morgan fingerprint density at radius 2 is 1.91 bits per heavy atom. The van der Waals surface area contributed by atoms with Gasteiger partial charge in [-0.25, -0.2) is 0 Å². The molecule has 0 aromatic carbocycles. The quantitative estimate of drug-likeness (QED) is 0.535. The monoisotopic (exact) mass is 161 g/mol. The molecule has 4 nitrogen and oxygen atoms in total. The van der Waals surface area contributed by atoms with Gasteiger partial charge in [0.05, 0.1) is 5.60 Å². The number of carbonyl (C=O) groups is 1. The van der Waals surface area contributed by atoms with Gasteiger partial charge in [0, 0.05) is 5.92 Å². The third-order valence-electron chi connectivity index (χ3n) is 1.94. The van der Waals surface area contributed by atoms with Gasteiger partial charge < -0.3 is 15.9 Å². The summed E-state index contributed by atoms with van der Waals surface area (Å²) >= 11 is 0. The Labute approximate surface area is 66.0 Å². The van der Waals surface area contributed by atoms with Crippen molar-refractivity contribution in [2.45, 2.75) is 32.4 Å². The molecule has 0 aliphatic rings. The molecule has 4 heteroatoms. The maximum absolute atomic E-state index is 10.4. The van der Waals surface area contributed by atoms with E-state index in [0.29, 0.717) is 0 Å². The van der Waals surface area contributed by atoms with Crippen molar-refractivity contribution in [2.75, 3.05) is 0 Å². The van der Waals surface area contributed by atoms with Gasteiger partial charge in [-0.15, -0.1) is 0 Å². The summed E-state index contributed by atoms with van der Waals surface area (Å²) in [5.74, 6) is -1.54. The number of aliphatic carboxylic acids is 1. The zero-order chi connectivity index (χ0) is 9.23. The van der Waals surface area contributed by atoms with Gasteiger partial charge in [0.15, 0.2) is 0 Å². The Morgan fingerprint density at radius 3 is 2.00 bits per heavy atom. The van der Waals surface area contributed by atoms with Crippen LogP contribution < -0.4 is 5.73 Å². The van der Waals surface area contributed by atoms with Gasteiger partial charge in [-0.05, 0) is 13.8 Å². The average molecular weight is 161 g/mol. The van der Waals surface area contributed by atoms with Crippen molar-refractivity contribution >= 4 is 5.97 Å². The lowest BCUT2D eigenvalue weighted by Crippen LogP contribution is -2.46. The van der Waals surface area contributed by atoms with E-state index in [9.17, 15) is 9.90 Å². The Balaban J connectivity index is 4.25. The van der Waals surface area contributed by atoms with Gasteiger partial charge in [0.2, 0.25) is 0 Å². The van der Waals surface area contributed by atoms with Crippen LogP contribution in [0.2, 0.25) is 0 Å². The summed E-state index contributed by atoms with van der Waals surface area (Å²) in [6, 6.07) is -1.00. The minimum atomic E-state index is -1.08. The van der Waals surface area contributed by atoms with E-state index in [1.807, 2.05) is 0 Å². The molecular weight excluding hydrogens is 146 g/mol. The molecule has 2 atom stereocenters. The van der Waals surface area contributed by atoms with Crippen LogP contribution in [0.1, 0.15) is 20.8 Å². The van der Waals surface area contributed by atoms with Crippen molar-refractivity contribution < 1.29 is 15.0 Å². The molecule has 0 fully saturated rings. The molecule has 0 bridgehead atoms. The van der Waals surface area contributed by atoms with Crippen molar-refractivity contribution in [3.05, 3.63) is 0 Å². The third kappa shape index (κ3) is 2.86. The number of hydrogen-bond donors (Lipinski definition) is 3. The molecule has 11 heavy (non-hydrogen) atoms. The summed E-state index contributed by atoms with van der Waals surface area (Å²) in [6.45, 7) is 4.69. The van der Waals surface area contributed by atoms with Gasteiger partial charge in [0.25, 0.3) is 0 Å². The van der Waals surface area contributed by atoms with Crippen LogP contribution in [0.4, 0.5) is 0 Å². The lowest BCUT2D eigenvalue weighted by molar-refractivity contribution is -0.142. The first kappa shape index (κ1) is 10.4. The smallest absolute Gasteiger partial charge is 0.320 e. The molecule has 0 aliphatic heterocycles. The number of nitrogens with two attached hydrogens (primary N) is 1. The van der Waals surface area contributed by atoms with Crippen molar-refractivity contribution in [3.63, 3.8) is 0 Å². The van der Waals surface area contributed by atoms with Crippen LogP contribution in [-0.4, -0.2) is 27.8 Å². The highest BCUT2D eigenvalue weighted by molar-refractivity contribution is 5.73. The predicted octanol–water partition coefficient (Wildman–Crippen LogP) is -0.195. The van der Waals surface area contributed by atoms with Gasteiger partial charge in [0.1, 0.15) is 6.04 Å². The van der Waals surface area contributed by atoms with Crippen LogP contribution in [0.15, 0.2) is 0 Å². The van der Waals surface area contributed by atoms with E-state index in [4.69, 9.17) is 10.8 Å². The standard InChI is InChI=1S/C7H15NO3/c1-4(7(2,3)11)5(8)6(9)10/h4-5,11H,8H2,1-3H3,(H,9,10)/t4-,5?/m1/s1. The fraction of sp³-hybridized carbons (Fsp3) is 0.857. The maximum atomic E-state index is 10.4. The van der Waals surface area contributed by atoms with E-state index < -0.39 is 23.5 Å². The minimum Gasteiger partial charge on any atom is -0.480 e. The topological polar surface area (TPSA) is 83.6 Å². The highest BCUT2D eigenvalue weighted by Gasteiger charge is 2.31. The van der Waals surface area contributed by atoms with Crippen LogP contribution in [0.5, 0.6) is 0 Å². The van der Waals surface area contributed by atoms with Crippen LogP contribution in [-0.2, 0) is 4.79 Å². The lowest BCUT2D eigenvalue weighted by atomic mass is 9.87.